The van der Waals surface area contributed by atoms with Gasteiger partial charge in [-0.1, -0.05) is 0 Å². The van der Waals surface area contributed by atoms with Crippen LogP contribution in [0, 0.1) is 13.5 Å². The minimum absolute atomic E-state index is 0.0670. The average molecular weight is 148 g/mol. The number of nitrogens with zero attached hydrogens (tertiary/aromatic N) is 1. The van der Waals surface area contributed by atoms with Crippen LogP contribution in [-0.4, -0.2) is 5.11 Å². The number of benzene rings is 1. The van der Waals surface area contributed by atoms with E-state index in [4.69, 9.17) is 12.3 Å². The molecule has 0 amide bonds. The Hall–Kier alpha value is -1.69. The Balaban J connectivity index is 3.35. The molecule has 0 aliphatic heterocycles. The minimum Gasteiger partial charge on any atom is -0.506 e. The summed E-state index contributed by atoms with van der Waals surface area (Å²) in [6, 6.07) is 3.05. The van der Waals surface area contributed by atoms with Crippen LogP contribution >= 0.6 is 0 Å². The molecule has 1 aromatic rings. The van der Waals surface area contributed by atoms with Crippen LogP contribution in [0.15, 0.2) is 12.1 Å². The van der Waals surface area contributed by atoms with Crippen LogP contribution in [0.2, 0.25) is 0 Å². The van der Waals surface area contributed by atoms with Gasteiger partial charge in [-0.15, -0.1) is 0 Å². The Kier molecular flexibility index (Phi) is 1.69. The zero-order chi connectivity index (χ0) is 8.43. The van der Waals surface area contributed by atoms with Crippen LogP contribution in [-0.2, 0) is 0 Å². The summed E-state index contributed by atoms with van der Waals surface area (Å²) in [6.07, 6.45) is 0. The molecule has 0 fully saturated rings. The topological polar surface area (TPSA) is 50.6 Å². The molecule has 0 unspecified atom stereocenters. The first kappa shape index (κ1) is 7.42. The Morgan fingerprint density at radius 3 is 2.64 bits per heavy atom. The maximum atomic E-state index is 9.20. The number of rotatable bonds is 0. The normalized spacial score (nSPS) is 9.09. The number of hydrogen-bond donors (Lipinski definition) is 2. The fourth-order valence-electron chi connectivity index (χ4n) is 0.852. The van der Waals surface area contributed by atoms with Gasteiger partial charge in [0.25, 0.3) is 0 Å². The predicted molar refractivity (Wildman–Crippen MR) is 43.5 cm³/mol. The van der Waals surface area contributed by atoms with Gasteiger partial charge in [-0.05, 0) is 24.6 Å². The highest BCUT2D eigenvalue weighted by molar-refractivity contribution is 5.65. The predicted octanol–water partition coefficient (Wildman–Crippen LogP) is 1.83. The summed E-state index contributed by atoms with van der Waals surface area (Å²) in [7, 11) is 0. The first-order valence-corrected chi connectivity index (χ1v) is 3.11. The van der Waals surface area contributed by atoms with Crippen molar-refractivity contribution in [1.29, 1.82) is 0 Å². The zero-order valence-corrected chi connectivity index (χ0v) is 6.13. The second-order valence-corrected chi connectivity index (χ2v) is 2.31. The third kappa shape index (κ3) is 1.24. The summed E-state index contributed by atoms with van der Waals surface area (Å²) in [6.45, 7) is 8.40. The van der Waals surface area contributed by atoms with E-state index in [1.54, 1.807) is 13.0 Å². The molecular weight excluding hydrogens is 140 g/mol. The third-order valence-corrected chi connectivity index (χ3v) is 1.44. The number of aromatic hydroxyl groups is 1. The summed E-state index contributed by atoms with van der Waals surface area (Å²) in [4.78, 5) is 3.19. The molecule has 0 bridgehead atoms. The molecule has 0 saturated carbocycles. The van der Waals surface area contributed by atoms with Crippen LogP contribution in [0.25, 0.3) is 4.85 Å². The molecule has 0 aromatic heterocycles. The minimum atomic E-state index is 0.0670. The van der Waals surface area contributed by atoms with Crippen molar-refractivity contribution in [2.75, 3.05) is 5.73 Å². The van der Waals surface area contributed by atoms with Crippen LogP contribution in [0.1, 0.15) is 5.56 Å². The fourth-order valence-corrected chi connectivity index (χ4v) is 0.852. The van der Waals surface area contributed by atoms with Gasteiger partial charge in [0.05, 0.1) is 12.3 Å². The molecule has 56 valence electrons. The molecule has 0 aliphatic carbocycles. The Morgan fingerprint density at radius 1 is 1.55 bits per heavy atom. The number of aryl methyl sites for hydroxylation is 1. The number of phenolic OH excluding ortho intramolecular Hbond substituents is 1. The monoisotopic (exact) mass is 148 g/mol. The van der Waals surface area contributed by atoms with Crippen LogP contribution in [0.3, 0.4) is 0 Å². The maximum absolute atomic E-state index is 9.20. The van der Waals surface area contributed by atoms with Crippen molar-refractivity contribution in [3.8, 4) is 5.75 Å². The van der Waals surface area contributed by atoms with Gasteiger partial charge in [-0.25, -0.2) is 4.85 Å². The molecule has 3 heteroatoms. The first-order valence-electron chi connectivity index (χ1n) is 3.11. The van der Waals surface area contributed by atoms with E-state index in [1.165, 1.54) is 6.07 Å². The third-order valence-electron chi connectivity index (χ3n) is 1.44. The first-order chi connectivity index (χ1) is 5.15. The molecule has 1 aromatic carbocycles. The van der Waals surface area contributed by atoms with Crippen LogP contribution in [0.5, 0.6) is 5.75 Å². The second kappa shape index (κ2) is 2.51. The van der Waals surface area contributed by atoms with Crippen LogP contribution < -0.4 is 5.73 Å². The summed E-state index contributed by atoms with van der Waals surface area (Å²) in [5, 5.41) is 9.20. The lowest BCUT2D eigenvalue weighted by Gasteiger charge is -2.02. The molecule has 0 spiro atoms. The highest BCUT2D eigenvalue weighted by atomic mass is 16.3. The lowest BCUT2D eigenvalue weighted by atomic mass is 10.2. The summed E-state index contributed by atoms with van der Waals surface area (Å²) in [5.74, 6) is 0.0670. The molecule has 0 saturated heterocycles. The van der Waals surface area contributed by atoms with E-state index in [0.717, 1.165) is 0 Å². The number of nitrogen functional groups attached to an aromatic ring is 1. The average Bonchev–Trinajstić information content (AvgIpc) is 1.99. The number of phenols is 1. The highest BCUT2D eigenvalue weighted by Gasteiger charge is 2.02. The van der Waals surface area contributed by atoms with E-state index < -0.39 is 0 Å². The molecule has 0 atom stereocenters. The van der Waals surface area contributed by atoms with Gasteiger partial charge in [0.15, 0.2) is 5.69 Å². The molecule has 0 heterocycles. The smallest absolute Gasteiger partial charge is 0.189 e. The van der Waals surface area contributed by atoms with Crippen molar-refractivity contribution < 1.29 is 5.11 Å². The summed E-state index contributed by atoms with van der Waals surface area (Å²) < 4.78 is 0. The lowest BCUT2D eigenvalue weighted by Crippen LogP contribution is -1.86. The van der Waals surface area contributed by atoms with Gasteiger partial charge in [0.1, 0.15) is 5.75 Å². The van der Waals surface area contributed by atoms with Gasteiger partial charge in [0.2, 0.25) is 0 Å². The molecule has 0 aliphatic rings. The van der Waals surface area contributed by atoms with Gasteiger partial charge in [-0.2, -0.15) is 0 Å². The van der Waals surface area contributed by atoms with Gasteiger partial charge in [0, 0.05) is 0 Å². The van der Waals surface area contributed by atoms with E-state index in [2.05, 4.69) is 4.85 Å². The van der Waals surface area contributed by atoms with E-state index in [0.29, 0.717) is 11.3 Å². The van der Waals surface area contributed by atoms with Crippen molar-refractivity contribution in [3.05, 3.63) is 29.1 Å². The largest absolute Gasteiger partial charge is 0.506 e. The van der Waals surface area contributed by atoms with E-state index in [1.807, 2.05) is 0 Å². The molecule has 11 heavy (non-hydrogen) atoms. The Labute approximate surface area is 64.9 Å². The van der Waals surface area contributed by atoms with Gasteiger partial charge in [-0.3, -0.25) is 0 Å². The summed E-state index contributed by atoms with van der Waals surface area (Å²) >= 11 is 0. The van der Waals surface area contributed by atoms with Crippen molar-refractivity contribution in [1.82, 2.24) is 0 Å². The molecular formula is C8H8N2O. The highest BCUT2D eigenvalue weighted by Crippen LogP contribution is 2.29. The van der Waals surface area contributed by atoms with E-state index >= 15 is 0 Å². The van der Waals surface area contributed by atoms with E-state index in [9.17, 15) is 5.11 Å². The maximum Gasteiger partial charge on any atom is 0.189 e. The quantitative estimate of drug-likeness (QED) is 0.335. The van der Waals surface area contributed by atoms with E-state index in [-0.39, 0.29) is 11.4 Å². The van der Waals surface area contributed by atoms with Gasteiger partial charge < -0.3 is 10.8 Å². The lowest BCUT2D eigenvalue weighted by molar-refractivity contribution is 0.474. The SMILES string of the molecule is [C-]#[N+]c1cc(C)c(O)c(N)c1. The molecule has 0 radical (unpaired) electrons. The van der Waals surface area contributed by atoms with Crippen LogP contribution in [0.4, 0.5) is 11.4 Å². The van der Waals surface area contributed by atoms with Gasteiger partial charge >= 0.3 is 0 Å². The van der Waals surface area contributed by atoms with Crippen molar-refractivity contribution >= 4 is 11.4 Å². The number of anilines is 1. The van der Waals surface area contributed by atoms with Crippen molar-refractivity contribution in [3.63, 3.8) is 0 Å². The Bertz CT molecular complexity index is 302. The second-order valence-electron chi connectivity index (χ2n) is 2.31. The zero-order valence-electron chi connectivity index (χ0n) is 6.13. The molecule has 1 rings (SSSR count). The van der Waals surface area contributed by atoms with Crippen molar-refractivity contribution in [2.45, 2.75) is 6.92 Å². The molecule has 3 N–H and O–H groups in total. The Morgan fingerprint density at radius 2 is 2.18 bits per heavy atom. The fraction of sp³-hybridized carbons (Fsp3) is 0.125. The number of hydrogen-bond acceptors (Lipinski definition) is 2. The molecule has 3 nitrogen and oxygen atoms in total. The number of nitrogens with two attached hydrogens (primary N) is 1. The van der Waals surface area contributed by atoms with Crippen molar-refractivity contribution in [2.24, 2.45) is 0 Å². The summed E-state index contributed by atoms with van der Waals surface area (Å²) in [5.41, 5.74) is 6.76. The standard InChI is InChI=1S/C8H8N2O/c1-5-3-6(10-2)4-7(9)8(5)11/h3-4,11H,9H2,1H3.